The van der Waals surface area contributed by atoms with Gasteiger partial charge in [0.25, 0.3) is 11.7 Å². The lowest BCUT2D eigenvalue weighted by molar-refractivity contribution is -0.140. The van der Waals surface area contributed by atoms with E-state index in [-0.39, 0.29) is 16.7 Å². The zero-order valence-electron chi connectivity index (χ0n) is 21.7. The molecule has 2 aromatic rings. The van der Waals surface area contributed by atoms with E-state index < -0.39 is 17.7 Å². The SMILES string of the molecule is CC(C)(C)c1ccc([C@H]2C(=C(O)c3ccc4c(c3)OCCO4)C(=O)C(=O)N2CCN2CCOCC2)cc1. The number of carbonyl (C=O) groups excluding carboxylic acids is 2. The number of ketones is 1. The number of amides is 1. The van der Waals surface area contributed by atoms with E-state index in [0.29, 0.717) is 56.6 Å². The number of hydrogen-bond acceptors (Lipinski definition) is 7. The standard InChI is InChI=1S/C29H34N2O6/c1-29(2,3)21-7-4-19(5-8-21)25-24(26(32)20-6-9-22-23(18-20)37-17-16-36-22)27(33)28(34)31(25)11-10-30-12-14-35-15-13-30/h4-9,18,25,32H,10-17H2,1-3H3/t25-/m0/s1. The fourth-order valence-corrected chi connectivity index (χ4v) is 5.04. The number of fused-ring (bicyclic) bond motifs is 1. The van der Waals surface area contributed by atoms with E-state index in [1.54, 1.807) is 23.1 Å². The van der Waals surface area contributed by atoms with Crippen LogP contribution < -0.4 is 9.47 Å². The molecule has 196 valence electrons. The van der Waals surface area contributed by atoms with Gasteiger partial charge < -0.3 is 24.2 Å². The number of aliphatic hydroxyl groups excluding tert-OH is 1. The molecule has 5 rings (SSSR count). The summed E-state index contributed by atoms with van der Waals surface area (Å²) >= 11 is 0. The summed E-state index contributed by atoms with van der Waals surface area (Å²) in [7, 11) is 0. The third-order valence-corrected chi connectivity index (χ3v) is 7.21. The average Bonchev–Trinajstić information content (AvgIpc) is 3.16. The van der Waals surface area contributed by atoms with Crippen molar-refractivity contribution >= 4 is 17.4 Å². The van der Waals surface area contributed by atoms with Gasteiger partial charge in [-0.25, -0.2) is 0 Å². The Balaban J connectivity index is 1.54. The van der Waals surface area contributed by atoms with Crippen LogP contribution in [0.2, 0.25) is 0 Å². The molecule has 2 aromatic carbocycles. The minimum atomic E-state index is -0.691. The van der Waals surface area contributed by atoms with Crippen molar-refractivity contribution in [1.82, 2.24) is 9.80 Å². The van der Waals surface area contributed by atoms with Gasteiger partial charge in [0.1, 0.15) is 19.0 Å². The predicted molar refractivity (Wildman–Crippen MR) is 139 cm³/mol. The van der Waals surface area contributed by atoms with Crippen molar-refractivity contribution in [2.75, 3.05) is 52.6 Å². The zero-order chi connectivity index (χ0) is 26.2. The summed E-state index contributed by atoms with van der Waals surface area (Å²) < 4.78 is 16.7. The smallest absolute Gasteiger partial charge is 0.295 e. The first-order valence-electron chi connectivity index (χ1n) is 12.8. The van der Waals surface area contributed by atoms with Crippen molar-refractivity contribution in [3.8, 4) is 11.5 Å². The molecule has 0 bridgehead atoms. The van der Waals surface area contributed by atoms with E-state index in [4.69, 9.17) is 14.2 Å². The van der Waals surface area contributed by atoms with E-state index in [1.807, 2.05) is 24.3 Å². The summed E-state index contributed by atoms with van der Waals surface area (Å²) in [6, 6.07) is 12.3. The monoisotopic (exact) mass is 506 g/mol. The van der Waals surface area contributed by atoms with Crippen molar-refractivity contribution in [2.24, 2.45) is 0 Å². The van der Waals surface area contributed by atoms with Gasteiger partial charge in [0.15, 0.2) is 11.5 Å². The van der Waals surface area contributed by atoms with Crippen molar-refractivity contribution in [3.05, 3.63) is 64.7 Å². The van der Waals surface area contributed by atoms with Crippen LogP contribution in [0.4, 0.5) is 0 Å². The summed E-state index contributed by atoms with van der Waals surface area (Å²) in [5.41, 5.74) is 2.39. The second-order valence-corrected chi connectivity index (χ2v) is 10.7. The molecule has 1 atom stereocenters. The molecule has 37 heavy (non-hydrogen) atoms. The Labute approximate surface area is 217 Å². The van der Waals surface area contributed by atoms with Crippen LogP contribution in [0, 0.1) is 0 Å². The molecule has 2 fully saturated rings. The first-order chi connectivity index (χ1) is 17.7. The summed E-state index contributed by atoms with van der Waals surface area (Å²) in [5.74, 6) is -0.406. The fraction of sp³-hybridized carbons (Fsp3) is 0.448. The van der Waals surface area contributed by atoms with Gasteiger partial charge in [0.2, 0.25) is 0 Å². The minimum absolute atomic E-state index is 0.0398. The largest absolute Gasteiger partial charge is 0.507 e. The van der Waals surface area contributed by atoms with Gasteiger partial charge >= 0.3 is 0 Å². The Morgan fingerprint density at radius 2 is 1.59 bits per heavy atom. The van der Waals surface area contributed by atoms with Crippen molar-refractivity contribution < 1.29 is 28.9 Å². The average molecular weight is 507 g/mol. The number of aliphatic hydroxyl groups is 1. The van der Waals surface area contributed by atoms with Crippen molar-refractivity contribution in [2.45, 2.75) is 32.2 Å². The molecule has 0 radical (unpaired) electrons. The van der Waals surface area contributed by atoms with E-state index in [1.165, 1.54) is 0 Å². The van der Waals surface area contributed by atoms with Crippen LogP contribution in [-0.2, 0) is 19.7 Å². The van der Waals surface area contributed by atoms with Crippen LogP contribution in [0.25, 0.3) is 5.76 Å². The van der Waals surface area contributed by atoms with Gasteiger partial charge in [0.05, 0.1) is 24.8 Å². The van der Waals surface area contributed by atoms with Crippen LogP contribution in [-0.4, -0.2) is 79.2 Å². The van der Waals surface area contributed by atoms with Gasteiger partial charge in [-0.1, -0.05) is 45.0 Å². The number of likely N-dealkylation sites (tertiary alicyclic amines) is 1. The molecule has 8 heteroatoms. The Kier molecular flexibility index (Phi) is 6.96. The molecule has 1 amide bonds. The number of rotatable bonds is 5. The Bertz CT molecular complexity index is 1210. The molecular weight excluding hydrogens is 472 g/mol. The highest BCUT2D eigenvalue weighted by Gasteiger charge is 2.46. The maximum Gasteiger partial charge on any atom is 0.295 e. The minimum Gasteiger partial charge on any atom is -0.507 e. The highest BCUT2D eigenvalue weighted by atomic mass is 16.6. The van der Waals surface area contributed by atoms with Crippen LogP contribution in [0.5, 0.6) is 11.5 Å². The summed E-state index contributed by atoms with van der Waals surface area (Å²) in [4.78, 5) is 30.5. The Hall–Kier alpha value is -3.36. The molecule has 1 N–H and O–H groups in total. The Morgan fingerprint density at radius 1 is 0.919 bits per heavy atom. The van der Waals surface area contributed by atoms with E-state index in [2.05, 4.69) is 25.7 Å². The molecule has 0 saturated carbocycles. The summed E-state index contributed by atoms with van der Waals surface area (Å²) in [6.45, 7) is 11.1. The number of morpholine rings is 1. The van der Waals surface area contributed by atoms with E-state index >= 15 is 0 Å². The van der Waals surface area contributed by atoms with E-state index in [0.717, 1.165) is 24.2 Å². The second-order valence-electron chi connectivity index (χ2n) is 10.7. The maximum atomic E-state index is 13.4. The lowest BCUT2D eigenvalue weighted by atomic mass is 9.85. The van der Waals surface area contributed by atoms with Crippen LogP contribution >= 0.6 is 0 Å². The van der Waals surface area contributed by atoms with Gasteiger partial charge in [-0.05, 0) is 34.7 Å². The van der Waals surface area contributed by atoms with Crippen LogP contribution in [0.15, 0.2) is 48.0 Å². The third kappa shape index (κ3) is 5.08. The first-order valence-corrected chi connectivity index (χ1v) is 12.8. The van der Waals surface area contributed by atoms with Gasteiger partial charge in [0, 0.05) is 31.7 Å². The summed E-state index contributed by atoms with van der Waals surface area (Å²) in [5, 5.41) is 11.4. The normalized spacial score (nSPS) is 21.9. The zero-order valence-corrected chi connectivity index (χ0v) is 21.7. The number of ether oxygens (including phenoxy) is 3. The van der Waals surface area contributed by atoms with Crippen LogP contribution in [0.3, 0.4) is 0 Å². The molecule has 0 spiro atoms. The highest BCUT2D eigenvalue weighted by molar-refractivity contribution is 6.46. The lowest BCUT2D eigenvalue weighted by Crippen LogP contribution is -2.42. The molecule has 3 aliphatic heterocycles. The van der Waals surface area contributed by atoms with E-state index in [9.17, 15) is 14.7 Å². The second kappa shape index (κ2) is 10.2. The number of nitrogens with zero attached hydrogens (tertiary/aromatic N) is 2. The molecule has 2 saturated heterocycles. The van der Waals surface area contributed by atoms with Crippen molar-refractivity contribution in [3.63, 3.8) is 0 Å². The van der Waals surface area contributed by atoms with Crippen LogP contribution in [0.1, 0.15) is 43.5 Å². The molecular formula is C29H34N2O6. The highest BCUT2D eigenvalue weighted by Crippen LogP contribution is 2.41. The fourth-order valence-electron chi connectivity index (χ4n) is 5.04. The van der Waals surface area contributed by atoms with Crippen molar-refractivity contribution in [1.29, 1.82) is 0 Å². The van der Waals surface area contributed by atoms with Gasteiger partial charge in [-0.2, -0.15) is 0 Å². The Morgan fingerprint density at radius 3 is 2.27 bits per heavy atom. The van der Waals surface area contributed by atoms with Gasteiger partial charge in [-0.3, -0.25) is 14.5 Å². The maximum absolute atomic E-state index is 13.4. The third-order valence-electron chi connectivity index (χ3n) is 7.21. The molecule has 3 heterocycles. The molecule has 0 aromatic heterocycles. The molecule has 0 aliphatic carbocycles. The molecule has 0 unspecified atom stereocenters. The lowest BCUT2D eigenvalue weighted by Gasteiger charge is -2.31. The number of Topliss-reactive ketones (excluding diaryl/α,β-unsaturated/α-hetero) is 1. The topological polar surface area (TPSA) is 88.5 Å². The number of benzene rings is 2. The van der Waals surface area contributed by atoms with Gasteiger partial charge in [-0.15, -0.1) is 0 Å². The molecule has 3 aliphatic rings. The predicted octanol–water partition coefficient (Wildman–Crippen LogP) is 3.51. The first kappa shape index (κ1) is 25.3. The summed E-state index contributed by atoms with van der Waals surface area (Å²) in [6.07, 6.45) is 0. The number of hydrogen-bond donors (Lipinski definition) is 1. The quantitative estimate of drug-likeness (QED) is 0.377. The number of carbonyl (C=O) groups is 2. The molecule has 8 nitrogen and oxygen atoms in total.